The molecule has 2 fully saturated rings. The van der Waals surface area contributed by atoms with Crippen LogP contribution in [-0.2, 0) is 16.0 Å². The van der Waals surface area contributed by atoms with E-state index < -0.39 is 0 Å². The lowest BCUT2D eigenvalue weighted by Gasteiger charge is -2.50. The van der Waals surface area contributed by atoms with Crippen molar-refractivity contribution >= 4 is 5.97 Å². The first kappa shape index (κ1) is 18.8. The van der Waals surface area contributed by atoms with E-state index in [-0.39, 0.29) is 17.5 Å². The van der Waals surface area contributed by atoms with Gasteiger partial charge in [0.25, 0.3) is 0 Å². The molecule has 3 nitrogen and oxygen atoms in total. The highest BCUT2D eigenvalue weighted by Gasteiger charge is 2.56. The minimum atomic E-state index is 0.0157. The summed E-state index contributed by atoms with van der Waals surface area (Å²) in [4.78, 5) is 12.3. The molecule has 0 saturated heterocycles. The minimum Gasteiger partial charge on any atom is -0.508 e. The molecular formula is C24H34O3. The molecule has 0 radical (unpaired) electrons. The number of hydrogen-bond donors (Lipinski definition) is 1. The molecule has 1 aromatic carbocycles. The van der Waals surface area contributed by atoms with Gasteiger partial charge in [0.2, 0.25) is 0 Å². The molecule has 2 saturated carbocycles. The van der Waals surface area contributed by atoms with Crippen LogP contribution in [-0.4, -0.2) is 17.2 Å². The maximum absolute atomic E-state index is 12.3. The fourth-order valence-corrected chi connectivity index (χ4v) is 6.45. The zero-order valence-electron chi connectivity index (χ0n) is 16.9. The third kappa shape index (κ3) is 3.39. The minimum absolute atomic E-state index is 0.0157. The van der Waals surface area contributed by atoms with Crippen molar-refractivity contribution in [3.05, 3.63) is 29.3 Å². The van der Waals surface area contributed by atoms with Gasteiger partial charge in [0.15, 0.2) is 0 Å². The Labute approximate surface area is 163 Å². The van der Waals surface area contributed by atoms with E-state index in [9.17, 15) is 9.90 Å². The number of carbonyl (C=O) groups is 1. The number of carbonyl (C=O) groups excluding carboxylic acids is 1. The first-order chi connectivity index (χ1) is 13.0. The molecule has 0 aliphatic heterocycles. The van der Waals surface area contributed by atoms with Crippen molar-refractivity contribution in [3.8, 4) is 5.75 Å². The number of unbranched alkanes of at least 4 members (excludes halogenated alkanes) is 2. The van der Waals surface area contributed by atoms with E-state index in [1.807, 2.05) is 12.1 Å². The highest BCUT2D eigenvalue weighted by atomic mass is 16.5. The third-order valence-corrected chi connectivity index (χ3v) is 7.88. The summed E-state index contributed by atoms with van der Waals surface area (Å²) in [5, 5.41) is 9.82. The number of phenolic OH excluding ortho intramolecular Hbond substituents is 1. The Morgan fingerprint density at radius 2 is 2.07 bits per heavy atom. The second-order valence-corrected chi connectivity index (χ2v) is 9.36. The smallest absolute Gasteiger partial charge is 0.306 e. The topological polar surface area (TPSA) is 46.5 Å². The largest absolute Gasteiger partial charge is 0.508 e. The van der Waals surface area contributed by atoms with E-state index in [0.717, 1.165) is 38.5 Å². The number of esters is 1. The summed E-state index contributed by atoms with van der Waals surface area (Å²) in [6.45, 7) is 4.55. The molecular weight excluding hydrogens is 336 g/mol. The van der Waals surface area contributed by atoms with Gasteiger partial charge in [-0.15, -0.1) is 0 Å². The quantitative estimate of drug-likeness (QED) is 0.531. The highest BCUT2D eigenvalue weighted by molar-refractivity contribution is 5.69. The lowest BCUT2D eigenvalue weighted by molar-refractivity contribution is -0.157. The summed E-state index contributed by atoms with van der Waals surface area (Å²) in [6.07, 6.45) is 10.7. The van der Waals surface area contributed by atoms with E-state index in [1.165, 1.54) is 30.4 Å². The van der Waals surface area contributed by atoms with Crippen molar-refractivity contribution in [2.75, 3.05) is 0 Å². The van der Waals surface area contributed by atoms with Crippen LogP contribution < -0.4 is 0 Å². The standard InChI is InChI=1S/C24H34O3/c1-3-4-5-6-23(26)27-22-12-11-21-20-9-7-16-15-17(25)8-10-18(16)19(20)13-14-24(21,22)2/h8,10,15,19-22,25H,3-7,9,11-14H2,1-2H3/t19-,20-,21+,22+,24+/m0/s1. The predicted molar refractivity (Wildman–Crippen MR) is 107 cm³/mol. The van der Waals surface area contributed by atoms with Gasteiger partial charge in [0, 0.05) is 11.8 Å². The highest BCUT2D eigenvalue weighted by Crippen LogP contribution is 2.61. The summed E-state index contributed by atoms with van der Waals surface area (Å²) in [5.74, 6) is 2.38. The van der Waals surface area contributed by atoms with Crippen LogP contribution >= 0.6 is 0 Å². The number of fused-ring (bicyclic) bond motifs is 5. The number of hydrogen-bond acceptors (Lipinski definition) is 3. The number of benzene rings is 1. The van der Waals surface area contributed by atoms with Crippen molar-refractivity contribution in [1.29, 1.82) is 0 Å². The third-order valence-electron chi connectivity index (χ3n) is 7.88. The van der Waals surface area contributed by atoms with Gasteiger partial charge < -0.3 is 9.84 Å². The van der Waals surface area contributed by atoms with Crippen LogP contribution in [0.4, 0.5) is 0 Å². The predicted octanol–water partition coefficient (Wildman–Crippen LogP) is 5.74. The Hall–Kier alpha value is -1.51. The van der Waals surface area contributed by atoms with E-state index in [4.69, 9.17) is 4.74 Å². The van der Waals surface area contributed by atoms with Gasteiger partial charge in [-0.2, -0.15) is 0 Å². The van der Waals surface area contributed by atoms with Crippen LogP contribution in [0.15, 0.2) is 18.2 Å². The fraction of sp³-hybridized carbons (Fsp3) is 0.708. The molecule has 0 amide bonds. The van der Waals surface area contributed by atoms with Crippen LogP contribution in [0.1, 0.15) is 88.7 Å². The summed E-state index contributed by atoms with van der Waals surface area (Å²) in [6, 6.07) is 5.98. The first-order valence-electron chi connectivity index (χ1n) is 11.0. The van der Waals surface area contributed by atoms with Gasteiger partial charge in [0.1, 0.15) is 11.9 Å². The number of rotatable bonds is 5. The molecule has 0 aromatic heterocycles. The molecule has 0 bridgehead atoms. The van der Waals surface area contributed by atoms with Crippen molar-refractivity contribution < 1.29 is 14.6 Å². The molecule has 3 aliphatic rings. The molecule has 0 heterocycles. The zero-order valence-corrected chi connectivity index (χ0v) is 16.9. The lowest BCUT2D eigenvalue weighted by Crippen LogP contribution is -2.45. The van der Waals surface area contributed by atoms with E-state index in [2.05, 4.69) is 19.9 Å². The Kier molecular flexibility index (Phi) is 5.22. The summed E-state index contributed by atoms with van der Waals surface area (Å²) in [5.41, 5.74) is 2.96. The molecule has 148 valence electrons. The molecule has 0 spiro atoms. The van der Waals surface area contributed by atoms with Gasteiger partial charge in [-0.1, -0.05) is 32.8 Å². The second-order valence-electron chi connectivity index (χ2n) is 9.36. The first-order valence-corrected chi connectivity index (χ1v) is 11.0. The second kappa shape index (κ2) is 7.48. The van der Waals surface area contributed by atoms with Gasteiger partial charge in [-0.05, 0) is 86.0 Å². The number of ether oxygens (including phenoxy) is 1. The summed E-state index contributed by atoms with van der Waals surface area (Å²) in [7, 11) is 0. The average molecular weight is 371 g/mol. The van der Waals surface area contributed by atoms with Crippen LogP contribution in [0.25, 0.3) is 0 Å². The van der Waals surface area contributed by atoms with Gasteiger partial charge >= 0.3 is 5.97 Å². The summed E-state index contributed by atoms with van der Waals surface area (Å²) >= 11 is 0. The number of aryl methyl sites for hydroxylation is 1. The van der Waals surface area contributed by atoms with E-state index in [0.29, 0.717) is 29.9 Å². The number of phenols is 1. The van der Waals surface area contributed by atoms with Gasteiger partial charge in [-0.3, -0.25) is 4.79 Å². The molecule has 27 heavy (non-hydrogen) atoms. The lowest BCUT2D eigenvalue weighted by atomic mass is 9.55. The number of aromatic hydroxyl groups is 1. The van der Waals surface area contributed by atoms with Gasteiger partial charge in [0.05, 0.1) is 0 Å². The van der Waals surface area contributed by atoms with Crippen LogP contribution in [0.2, 0.25) is 0 Å². The van der Waals surface area contributed by atoms with Crippen molar-refractivity contribution in [3.63, 3.8) is 0 Å². The molecule has 0 unspecified atom stereocenters. The van der Waals surface area contributed by atoms with Crippen LogP contribution in [0, 0.1) is 17.3 Å². The molecule has 1 aromatic rings. The van der Waals surface area contributed by atoms with Crippen LogP contribution in [0.3, 0.4) is 0 Å². The molecule has 4 rings (SSSR count). The van der Waals surface area contributed by atoms with E-state index in [1.54, 1.807) is 0 Å². The Morgan fingerprint density at radius 3 is 2.89 bits per heavy atom. The SMILES string of the molecule is CCCCCC(=O)O[C@@H]1CC[C@@H]2[C@H]3CCc4cc(O)ccc4[C@@H]3CC[C@]21C. The fourth-order valence-electron chi connectivity index (χ4n) is 6.45. The maximum Gasteiger partial charge on any atom is 0.306 e. The van der Waals surface area contributed by atoms with Crippen molar-refractivity contribution in [1.82, 2.24) is 0 Å². The molecule has 3 aliphatic carbocycles. The zero-order chi connectivity index (χ0) is 19.0. The Morgan fingerprint density at radius 1 is 1.22 bits per heavy atom. The Bertz CT molecular complexity index is 697. The van der Waals surface area contributed by atoms with Crippen molar-refractivity contribution in [2.24, 2.45) is 17.3 Å². The normalized spacial score (nSPS) is 34.4. The molecule has 1 N–H and O–H groups in total. The summed E-state index contributed by atoms with van der Waals surface area (Å²) < 4.78 is 6.02. The van der Waals surface area contributed by atoms with E-state index >= 15 is 0 Å². The Balaban J connectivity index is 1.47. The van der Waals surface area contributed by atoms with Crippen LogP contribution in [0.5, 0.6) is 5.75 Å². The maximum atomic E-state index is 12.3. The van der Waals surface area contributed by atoms with Gasteiger partial charge in [-0.25, -0.2) is 0 Å². The monoisotopic (exact) mass is 370 g/mol. The average Bonchev–Trinajstić information content (AvgIpc) is 2.98. The molecule has 5 atom stereocenters. The molecule has 3 heteroatoms. The van der Waals surface area contributed by atoms with Crippen molar-refractivity contribution in [2.45, 2.75) is 90.1 Å².